The maximum atomic E-state index is 12.6. The summed E-state index contributed by atoms with van der Waals surface area (Å²) in [6.07, 6.45) is -3.91. The molecule has 0 aliphatic carbocycles. The third-order valence-electron chi connectivity index (χ3n) is 2.86. The van der Waals surface area contributed by atoms with Crippen molar-refractivity contribution in [1.82, 2.24) is 0 Å². The smallest absolute Gasteiger partial charge is 0.418 e. The van der Waals surface area contributed by atoms with E-state index in [0.29, 0.717) is 6.42 Å². The molecule has 0 heterocycles. The molecule has 1 aromatic rings. The van der Waals surface area contributed by atoms with Gasteiger partial charge in [-0.25, -0.2) is 0 Å². The lowest BCUT2D eigenvalue weighted by Crippen LogP contribution is -2.25. The normalized spacial score (nSPS) is 12.5. The van der Waals surface area contributed by atoms with Crippen LogP contribution in [0.1, 0.15) is 25.8 Å². The second-order valence-electron chi connectivity index (χ2n) is 4.81. The molecule has 19 heavy (non-hydrogen) atoms. The largest absolute Gasteiger partial charge is 0.493 e. The van der Waals surface area contributed by atoms with Gasteiger partial charge in [0.05, 0.1) is 17.8 Å². The molecular formula is C13H18F3NO2. The summed E-state index contributed by atoms with van der Waals surface area (Å²) in [5.41, 5.74) is 3.74. The molecule has 1 rings (SSSR count). The van der Waals surface area contributed by atoms with Crippen molar-refractivity contribution >= 4 is 5.69 Å². The topological polar surface area (TPSA) is 44.5 Å². The van der Waals surface area contributed by atoms with Crippen LogP contribution in [-0.4, -0.2) is 19.3 Å². The highest BCUT2D eigenvalue weighted by molar-refractivity contribution is 5.51. The predicted molar refractivity (Wildman–Crippen MR) is 67.1 cm³/mol. The van der Waals surface area contributed by atoms with Gasteiger partial charge in [0.25, 0.3) is 0 Å². The molecule has 0 spiro atoms. The molecule has 0 saturated heterocycles. The molecule has 0 aromatic heterocycles. The van der Waals surface area contributed by atoms with Crippen LogP contribution in [0.5, 0.6) is 5.75 Å². The van der Waals surface area contributed by atoms with Crippen LogP contribution in [0.15, 0.2) is 18.2 Å². The Balaban J connectivity index is 2.71. The fourth-order valence-electron chi connectivity index (χ4n) is 1.39. The van der Waals surface area contributed by atoms with Crippen molar-refractivity contribution in [3.8, 4) is 5.75 Å². The number of anilines is 1. The molecule has 0 amide bonds. The van der Waals surface area contributed by atoms with Gasteiger partial charge in [-0.2, -0.15) is 13.2 Å². The first kappa shape index (κ1) is 15.6. The number of hydrogen-bond donors (Lipinski definition) is 1. The van der Waals surface area contributed by atoms with Gasteiger partial charge in [-0.3, -0.25) is 0 Å². The van der Waals surface area contributed by atoms with Crippen LogP contribution in [0.4, 0.5) is 18.9 Å². The molecule has 0 unspecified atom stereocenters. The zero-order valence-electron chi connectivity index (χ0n) is 11.2. The summed E-state index contributed by atoms with van der Waals surface area (Å²) in [5, 5.41) is 0. The molecule has 0 aliphatic heterocycles. The SMILES string of the molecule is COC(C)(C)CCOc1ccc(N)c(C(F)(F)F)c1. The van der Waals surface area contributed by atoms with Gasteiger partial charge >= 0.3 is 6.18 Å². The van der Waals surface area contributed by atoms with Crippen molar-refractivity contribution < 1.29 is 22.6 Å². The van der Waals surface area contributed by atoms with E-state index in [4.69, 9.17) is 15.2 Å². The van der Waals surface area contributed by atoms with Gasteiger partial charge in [0, 0.05) is 19.2 Å². The lowest BCUT2D eigenvalue weighted by atomic mass is 10.1. The average Bonchev–Trinajstić information content (AvgIpc) is 2.30. The van der Waals surface area contributed by atoms with Crippen molar-refractivity contribution in [2.75, 3.05) is 19.5 Å². The van der Waals surface area contributed by atoms with E-state index in [-0.39, 0.29) is 23.6 Å². The van der Waals surface area contributed by atoms with E-state index in [9.17, 15) is 13.2 Å². The zero-order valence-corrected chi connectivity index (χ0v) is 11.2. The van der Waals surface area contributed by atoms with Crippen molar-refractivity contribution in [2.45, 2.75) is 32.0 Å². The van der Waals surface area contributed by atoms with Gasteiger partial charge in [0.15, 0.2) is 0 Å². The second-order valence-corrected chi connectivity index (χ2v) is 4.81. The summed E-state index contributed by atoms with van der Waals surface area (Å²) < 4.78 is 48.4. The summed E-state index contributed by atoms with van der Waals surface area (Å²) in [6.45, 7) is 4.02. The summed E-state index contributed by atoms with van der Waals surface area (Å²) in [4.78, 5) is 0. The highest BCUT2D eigenvalue weighted by Crippen LogP contribution is 2.35. The summed E-state index contributed by atoms with van der Waals surface area (Å²) in [7, 11) is 1.57. The molecule has 0 saturated carbocycles. The Bertz CT molecular complexity index is 430. The third kappa shape index (κ3) is 4.63. The number of halogens is 3. The Kier molecular flexibility index (Phi) is 4.68. The minimum absolute atomic E-state index is 0.147. The molecule has 0 atom stereocenters. The maximum absolute atomic E-state index is 12.6. The number of alkyl halides is 3. The van der Waals surface area contributed by atoms with Crippen LogP contribution >= 0.6 is 0 Å². The number of benzene rings is 1. The fraction of sp³-hybridized carbons (Fsp3) is 0.538. The Labute approximate surface area is 110 Å². The van der Waals surface area contributed by atoms with Crippen molar-refractivity contribution in [1.29, 1.82) is 0 Å². The number of methoxy groups -OCH3 is 1. The van der Waals surface area contributed by atoms with Crippen LogP contribution in [0.25, 0.3) is 0 Å². The number of ether oxygens (including phenoxy) is 2. The molecule has 0 aliphatic rings. The number of nitrogens with two attached hydrogens (primary N) is 1. The van der Waals surface area contributed by atoms with Gasteiger partial charge in [-0.1, -0.05) is 0 Å². The first-order chi connectivity index (χ1) is 8.65. The minimum atomic E-state index is -4.48. The molecule has 0 bridgehead atoms. The first-order valence-corrected chi connectivity index (χ1v) is 5.80. The van der Waals surface area contributed by atoms with E-state index in [1.807, 2.05) is 13.8 Å². The second kappa shape index (κ2) is 5.69. The maximum Gasteiger partial charge on any atom is 0.418 e. The monoisotopic (exact) mass is 277 g/mol. The Morgan fingerprint density at radius 1 is 1.21 bits per heavy atom. The van der Waals surface area contributed by atoms with Gasteiger partial charge in [0.2, 0.25) is 0 Å². The Hall–Kier alpha value is -1.43. The summed E-state index contributed by atoms with van der Waals surface area (Å²) >= 11 is 0. The van der Waals surface area contributed by atoms with Crippen molar-refractivity contribution in [2.24, 2.45) is 0 Å². The Morgan fingerprint density at radius 3 is 2.37 bits per heavy atom. The van der Waals surface area contributed by atoms with E-state index in [1.165, 1.54) is 12.1 Å². The van der Waals surface area contributed by atoms with Crippen LogP contribution in [-0.2, 0) is 10.9 Å². The van der Waals surface area contributed by atoms with Crippen LogP contribution in [0.2, 0.25) is 0 Å². The van der Waals surface area contributed by atoms with E-state index in [0.717, 1.165) is 6.07 Å². The third-order valence-corrected chi connectivity index (χ3v) is 2.86. The summed E-state index contributed by atoms with van der Waals surface area (Å²) in [6, 6.07) is 3.53. The highest BCUT2D eigenvalue weighted by Gasteiger charge is 2.33. The molecule has 0 fully saturated rings. The van der Waals surface area contributed by atoms with Crippen LogP contribution in [0, 0.1) is 0 Å². The fourth-order valence-corrected chi connectivity index (χ4v) is 1.39. The number of nitrogen functional groups attached to an aromatic ring is 1. The number of hydrogen-bond acceptors (Lipinski definition) is 3. The van der Waals surface area contributed by atoms with Gasteiger partial charge < -0.3 is 15.2 Å². The number of rotatable bonds is 5. The lowest BCUT2D eigenvalue weighted by molar-refractivity contribution is -0.137. The van der Waals surface area contributed by atoms with Gasteiger partial charge in [-0.15, -0.1) is 0 Å². The molecular weight excluding hydrogens is 259 g/mol. The van der Waals surface area contributed by atoms with E-state index in [1.54, 1.807) is 7.11 Å². The van der Waals surface area contributed by atoms with Gasteiger partial charge in [-0.05, 0) is 32.0 Å². The summed E-state index contributed by atoms with van der Waals surface area (Å²) in [5.74, 6) is 0.147. The highest BCUT2D eigenvalue weighted by atomic mass is 19.4. The minimum Gasteiger partial charge on any atom is -0.493 e. The molecule has 1 aromatic carbocycles. The molecule has 0 radical (unpaired) electrons. The quantitative estimate of drug-likeness (QED) is 0.838. The van der Waals surface area contributed by atoms with E-state index in [2.05, 4.69) is 0 Å². The lowest BCUT2D eigenvalue weighted by Gasteiger charge is -2.22. The molecule has 108 valence electrons. The zero-order chi connectivity index (χ0) is 14.7. The standard InChI is InChI=1S/C13H18F3NO2/c1-12(2,18-3)6-7-19-9-4-5-11(17)10(8-9)13(14,15)16/h4-5,8H,6-7,17H2,1-3H3. The first-order valence-electron chi connectivity index (χ1n) is 5.80. The van der Waals surface area contributed by atoms with E-state index < -0.39 is 11.7 Å². The Morgan fingerprint density at radius 2 is 1.84 bits per heavy atom. The van der Waals surface area contributed by atoms with Crippen LogP contribution < -0.4 is 10.5 Å². The average molecular weight is 277 g/mol. The predicted octanol–water partition coefficient (Wildman–Crippen LogP) is 3.48. The molecule has 6 heteroatoms. The van der Waals surface area contributed by atoms with Crippen molar-refractivity contribution in [3.05, 3.63) is 23.8 Å². The van der Waals surface area contributed by atoms with Gasteiger partial charge in [0.1, 0.15) is 5.75 Å². The molecule has 3 nitrogen and oxygen atoms in total. The van der Waals surface area contributed by atoms with Crippen molar-refractivity contribution in [3.63, 3.8) is 0 Å². The van der Waals surface area contributed by atoms with E-state index >= 15 is 0 Å². The molecule has 2 N–H and O–H groups in total. The van der Waals surface area contributed by atoms with Crippen LogP contribution in [0.3, 0.4) is 0 Å².